The summed E-state index contributed by atoms with van der Waals surface area (Å²) in [6.45, 7) is 14.0. The van der Waals surface area contributed by atoms with E-state index in [1.807, 2.05) is 49.7 Å². The minimum absolute atomic E-state index is 0.0570. The number of rotatable bonds is 6. The molecular weight excluding hydrogens is 360 g/mol. The van der Waals surface area contributed by atoms with Gasteiger partial charge in [-0.05, 0) is 26.8 Å². The highest BCUT2D eigenvalue weighted by molar-refractivity contribution is 6.33. The zero-order chi connectivity index (χ0) is 20.2. The number of halogens is 1. The molecule has 0 radical (unpaired) electrons. The second-order valence-corrected chi connectivity index (χ2v) is 9.19. The van der Waals surface area contributed by atoms with Crippen LogP contribution < -0.4 is 10.6 Å². The molecule has 0 saturated carbocycles. The fourth-order valence-electron chi connectivity index (χ4n) is 2.52. The topological polar surface area (TPSA) is 59.0 Å². The van der Waals surface area contributed by atoms with E-state index in [4.69, 9.17) is 16.7 Å². The monoisotopic (exact) mass is 390 g/mol. The van der Waals surface area contributed by atoms with E-state index in [2.05, 4.69) is 37.6 Å². The summed E-state index contributed by atoms with van der Waals surface area (Å²) >= 11 is 6.40. The maximum atomic E-state index is 11.9. The number of hydrogen-bond donors (Lipinski definition) is 2. The Bertz CT molecular complexity index is 784. The van der Waals surface area contributed by atoms with E-state index in [-0.39, 0.29) is 16.9 Å². The van der Waals surface area contributed by atoms with Gasteiger partial charge in [0.1, 0.15) is 0 Å². The van der Waals surface area contributed by atoms with Crippen LogP contribution in [0.25, 0.3) is 11.3 Å². The van der Waals surface area contributed by atoms with Gasteiger partial charge in [0.2, 0.25) is 5.91 Å². The van der Waals surface area contributed by atoms with Gasteiger partial charge in [-0.1, -0.05) is 50.6 Å². The molecule has 0 fully saturated rings. The Morgan fingerprint density at radius 3 is 2.37 bits per heavy atom. The average molecular weight is 391 g/mol. The number of nitrogens with one attached hydrogen (secondary N) is 2. The first kappa shape index (κ1) is 21.5. The van der Waals surface area contributed by atoms with Gasteiger partial charge in [0, 0.05) is 42.4 Å². The van der Waals surface area contributed by atoms with Crippen LogP contribution in [0.3, 0.4) is 0 Å². The van der Waals surface area contributed by atoms with E-state index in [1.165, 1.54) is 0 Å². The van der Waals surface area contributed by atoms with E-state index in [0.29, 0.717) is 24.7 Å². The van der Waals surface area contributed by atoms with E-state index in [0.717, 1.165) is 16.8 Å². The molecule has 1 aromatic carbocycles. The predicted octanol–water partition coefficient (Wildman–Crippen LogP) is 4.21. The summed E-state index contributed by atoms with van der Waals surface area (Å²) in [5.74, 6) is 0.0570. The lowest BCUT2D eigenvalue weighted by Crippen LogP contribution is -2.38. The van der Waals surface area contributed by atoms with Gasteiger partial charge >= 0.3 is 0 Å². The molecule has 0 atom stereocenters. The second-order valence-electron chi connectivity index (χ2n) is 8.78. The van der Waals surface area contributed by atoms with Crippen molar-refractivity contribution in [1.29, 1.82) is 0 Å². The molecule has 2 aromatic rings. The molecule has 0 spiro atoms. The SMILES string of the molecule is CC(C)(C)C(=O)NCCNCc1cn(C(C)(C)C)nc1-c1ccccc1Cl. The number of hydrogen-bond acceptors (Lipinski definition) is 3. The molecule has 0 aliphatic carbocycles. The molecule has 6 heteroatoms. The molecule has 5 nitrogen and oxygen atoms in total. The highest BCUT2D eigenvalue weighted by atomic mass is 35.5. The Morgan fingerprint density at radius 1 is 1.11 bits per heavy atom. The van der Waals surface area contributed by atoms with Crippen molar-refractivity contribution in [2.75, 3.05) is 13.1 Å². The van der Waals surface area contributed by atoms with Crippen LogP contribution in [-0.2, 0) is 16.9 Å². The lowest BCUT2D eigenvalue weighted by molar-refractivity contribution is -0.128. The maximum Gasteiger partial charge on any atom is 0.225 e. The van der Waals surface area contributed by atoms with Crippen molar-refractivity contribution in [3.05, 3.63) is 41.0 Å². The number of benzene rings is 1. The number of aromatic nitrogens is 2. The third-order valence-corrected chi connectivity index (χ3v) is 4.52. The number of carbonyl (C=O) groups is 1. The van der Waals surface area contributed by atoms with E-state index in [1.54, 1.807) is 0 Å². The number of carbonyl (C=O) groups excluding carboxylic acids is 1. The molecule has 1 amide bonds. The molecule has 2 N–H and O–H groups in total. The predicted molar refractivity (Wildman–Crippen MR) is 112 cm³/mol. The Kier molecular flexibility index (Phi) is 6.71. The van der Waals surface area contributed by atoms with Crippen LogP contribution in [0.2, 0.25) is 5.02 Å². The van der Waals surface area contributed by atoms with Crippen molar-refractivity contribution in [1.82, 2.24) is 20.4 Å². The molecule has 0 bridgehead atoms. The largest absolute Gasteiger partial charge is 0.354 e. The quantitative estimate of drug-likeness (QED) is 0.726. The smallest absolute Gasteiger partial charge is 0.225 e. The molecule has 1 aromatic heterocycles. The summed E-state index contributed by atoms with van der Waals surface area (Å²) in [5.41, 5.74) is 2.42. The standard InChI is InChI=1S/C21H31ClN4O/c1-20(2,3)19(27)24-12-11-23-13-15-14-26(21(4,5)6)25-18(15)16-9-7-8-10-17(16)22/h7-10,14,23H,11-13H2,1-6H3,(H,24,27). The summed E-state index contributed by atoms with van der Waals surface area (Å²) in [6, 6.07) is 7.76. The van der Waals surface area contributed by atoms with Crippen LogP contribution in [0.5, 0.6) is 0 Å². The van der Waals surface area contributed by atoms with Gasteiger partial charge in [-0.3, -0.25) is 9.48 Å². The Labute approximate surface area is 167 Å². The van der Waals surface area contributed by atoms with E-state index < -0.39 is 0 Å². The Balaban J connectivity index is 2.08. The number of nitrogens with zero attached hydrogens (tertiary/aromatic N) is 2. The molecule has 0 saturated heterocycles. The minimum Gasteiger partial charge on any atom is -0.354 e. The second kappa shape index (κ2) is 8.44. The van der Waals surface area contributed by atoms with Crippen molar-refractivity contribution in [2.45, 2.75) is 53.6 Å². The summed E-state index contributed by atoms with van der Waals surface area (Å²) in [7, 11) is 0. The molecule has 148 valence electrons. The van der Waals surface area contributed by atoms with Crippen molar-refractivity contribution in [3.8, 4) is 11.3 Å². The van der Waals surface area contributed by atoms with Crippen LogP contribution in [0.4, 0.5) is 0 Å². The first-order valence-electron chi connectivity index (χ1n) is 9.33. The van der Waals surface area contributed by atoms with Gasteiger partial charge in [-0.2, -0.15) is 5.10 Å². The summed E-state index contributed by atoms with van der Waals surface area (Å²) in [4.78, 5) is 11.9. The van der Waals surface area contributed by atoms with Gasteiger partial charge < -0.3 is 10.6 Å². The van der Waals surface area contributed by atoms with Crippen LogP contribution in [-0.4, -0.2) is 28.8 Å². The van der Waals surface area contributed by atoms with Gasteiger partial charge in [0.05, 0.1) is 16.3 Å². The normalized spacial score (nSPS) is 12.3. The third kappa shape index (κ3) is 5.81. The third-order valence-electron chi connectivity index (χ3n) is 4.19. The van der Waals surface area contributed by atoms with Crippen LogP contribution in [0, 0.1) is 5.41 Å². The summed E-state index contributed by atoms with van der Waals surface area (Å²) in [5, 5.41) is 11.8. The van der Waals surface area contributed by atoms with Crippen molar-refractivity contribution in [2.24, 2.45) is 5.41 Å². The first-order chi connectivity index (χ1) is 12.5. The van der Waals surface area contributed by atoms with Crippen molar-refractivity contribution >= 4 is 17.5 Å². The number of amides is 1. The van der Waals surface area contributed by atoms with Crippen LogP contribution in [0.15, 0.2) is 30.5 Å². The van der Waals surface area contributed by atoms with Crippen LogP contribution >= 0.6 is 11.6 Å². The van der Waals surface area contributed by atoms with Crippen molar-refractivity contribution < 1.29 is 4.79 Å². The van der Waals surface area contributed by atoms with Gasteiger partial charge in [0.15, 0.2) is 0 Å². The van der Waals surface area contributed by atoms with Crippen molar-refractivity contribution in [3.63, 3.8) is 0 Å². The fraction of sp³-hybridized carbons (Fsp3) is 0.524. The average Bonchev–Trinajstić information content (AvgIpc) is 2.98. The van der Waals surface area contributed by atoms with E-state index in [9.17, 15) is 4.79 Å². The molecule has 0 unspecified atom stereocenters. The Morgan fingerprint density at radius 2 is 1.78 bits per heavy atom. The highest BCUT2D eigenvalue weighted by Gasteiger charge is 2.21. The first-order valence-corrected chi connectivity index (χ1v) is 9.71. The zero-order valence-electron chi connectivity index (χ0n) is 17.2. The maximum absolute atomic E-state index is 11.9. The molecule has 27 heavy (non-hydrogen) atoms. The van der Waals surface area contributed by atoms with Gasteiger partial charge in [0.25, 0.3) is 0 Å². The van der Waals surface area contributed by atoms with Gasteiger partial charge in [-0.15, -0.1) is 0 Å². The Hall–Kier alpha value is -1.85. The summed E-state index contributed by atoms with van der Waals surface area (Å²) < 4.78 is 1.98. The fourth-order valence-corrected chi connectivity index (χ4v) is 2.74. The lowest BCUT2D eigenvalue weighted by Gasteiger charge is -2.19. The molecule has 0 aliphatic rings. The lowest BCUT2D eigenvalue weighted by atomic mass is 9.96. The minimum atomic E-state index is -0.370. The summed E-state index contributed by atoms with van der Waals surface area (Å²) in [6.07, 6.45) is 2.07. The highest BCUT2D eigenvalue weighted by Crippen LogP contribution is 2.30. The zero-order valence-corrected chi connectivity index (χ0v) is 17.9. The van der Waals surface area contributed by atoms with Gasteiger partial charge in [-0.25, -0.2) is 0 Å². The molecule has 2 rings (SSSR count). The molecule has 1 heterocycles. The molecular formula is C21H31ClN4O. The van der Waals surface area contributed by atoms with Crippen LogP contribution in [0.1, 0.15) is 47.1 Å². The molecule has 0 aliphatic heterocycles. The van der Waals surface area contributed by atoms with E-state index >= 15 is 0 Å².